The van der Waals surface area contributed by atoms with E-state index >= 15 is 0 Å². The summed E-state index contributed by atoms with van der Waals surface area (Å²) in [5.41, 5.74) is 1.88. The van der Waals surface area contributed by atoms with Gasteiger partial charge in [-0.2, -0.15) is 17.7 Å². The smallest absolute Gasteiger partial charge is 0.00612 e. The third kappa shape index (κ3) is 2.39. The Morgan fingerprint density at radius 3 is 2.30 bits per heavy atom. The largest absolute Gasteiger partial charge is 0.565 e. The maximum atomic E-state index is 9.01. The van der Waals surface area contributed by atoms with Crippen LogP contribution < -0.4 is 0 Å². The van der Waals surface area contributed by atoms with Crippen LogP contribution in [0.1, 0.15) is 11.1 Å². The van der Waals surface area contributed by atoms with Gasteiger partial charge in [-0.1, -0.05) is 13.8 Å². The van der Waals surface area contributed by atoms with Crippen LogP contribution in [0, 0.1) is 19.9 Å². The molecule has 0 amide bonds. The quantitative estimate of drug-likeness (QED) is 0.647. The van der Waals surface area contributed by atoms with Gasteiger partial charge in [-0.25, -0.2) is 0 Å². The minimum atomic E-state index is 0. The molecule has 0 saturated heterocycles. The second kappa shape index (κ2) is 4.10. The Morgan fingerprint density at radius 2 is 1.90 bits per heavy atom. The van der Waals surface area contributed by atoms with Crippen molar-refractivity contribution in [2.45, 2.75) is 13.8 Å². The van der Waals surface area contributed by atoms with Gasteiger partial charge in [0.25, 0.3) is 0 Å². The molecule has 0 fully saturated rings. The number of hydrogen-bond acceptors (Lipinski definition) is 1. The van der Waals surface area contributed by atoms with Crippen molar-refractivity contribution in [3.05, 3.63) is 29.3 Å². The van der Waals surface area contributed by atoms with Crippen LogP contribution in [0.15, 0.2) is 12.1 Å². The first kappa shape index (κ1) is 10.1. The Bertz CT molecular complexity index is 220. The summed E-state index contributed by atoms with van der Waals surface area (Å²) in [5.74, 6) is 0.320. The van der Waals surface area contributed by atoms with E-state index in [-0.39, 0.29) is 32.7 Å². The molecule has 0 atom stereocenters. The molecule has 10 heavy (non-hydrogen) atoms. The maximum Gasteiger partial charge on any atom is 0.00612 e. The number of phenolic OH excluding ortho intramolecular Hbond substituents is 1. The number of aryl methyl sites for hydroxylation is 2. The first-order valence-electron chi connectivity index (χ1n) is 2.88. The third-order valence-electron chi connectivity index (χ3n) is 1.26. The van der Waals surface area contributed by atoms with Gasteiger partial charge in [-0.05, 0) is 0 Å². The number of benzene rings is 1. The molecule has 0 aliphatic heterocycles. The van der Waals surface area contributed by atoms with Crippen molar-refractivity contribution < 1.29 is 37.8 Å². The van der Waals surface area contributed by atoms with Crippen molar-refractivity contribution in [2.24, 2.45) is 0 Å². The summed E-state index contributed by atoms with van der Waals surface area (Å²) in [4.78, 5) is 0. The zero-order valence-corrected chi connectivity index (χ0v) is 9.02. The van der Waals surface area contributed by atoms with Crippen LogP contribution in [0.5, 0.6) is 5.75 Å². The van der Waals surface area contributed by atoms with Gasteiger partial charge in [-0.3, -0.25) is 0 Å². The number of phenols is 1. The molecule has 0 heterocycles. The topological polar surface area (TPSA) is 20.2 Å². The first-order valence-corrected chi connectivity index (χ1v) is 2.88. The summed E-state index contributed by atoms with van der Waals surface area (Å²) >= 11 is 0. The molecule has 0 unspecified atom stereocenters. The maximum absolute atomic E-state index is 9.01. The van der Waals surface area contributed by atoms with E-state index in [2.05, 4.69) is 6.07 Å². The van der Waals surface area contributed by atoms with Gasteiger partial charge in [-0.15, -0.1) is 11.6 Å². The zero-order valence-electron chi connectivity index (χ0n) is 6.18. The van der Waals surface area contributed by atoms with E-state index < -0.39 is 0 Å². The molecule has 0 aliphatic carbocycles. The van der Waals surface area contributed by atoms with Crippen molar-refractivity contribution in [1.82, 2.24) is 0 Å². The number of rotatable bonds is 0. The molecule has 0 spiro atoms. The molecule has 1 N–H and O–H groups in total. The van der Waals surface area contributed by atoms with Gasteiger partial charge in [0.2, 0.25) is 0 Å². The van der Waals surface area contributed by atoms with E-state index in [0.717, 1.165) is 11.1 Å². The molecule has 51 valence electrons. The molecule has 0 saturated carbocycles. The number of hydrogen-bond donors (Lipinski definition) is 1. The molecule has 0 bridgehead atoms. The third-order valence-corrected chi connectivity index (χ3v) is 1.26. The van der Waals surface area contributed by atoms with Crippen LogP contribution in [0.4, 0.5) is 0 Å². The summed E-state index contributed by atoms with van der Waals surface area (Å²) in [7, 11) is 0. The summed E-state index contributed by atoms with van der Waals surface area (Å²) in [6.45, 7) is 3.79. The van der Waals surface area contributed by atoms with Crippen molar-refractivity contribution in [1.29, 1.82) is 0 Å². The van der Waals surface area contributed by atoms with Crippen LogP contribution >= 0.6 is 0 Å². The average molecular weight is 210 g/mol. The first-order chi connectivity index (χ1) is 4.20. The van der Waals surface area contributed by atoms with Gasteiger partial charge < -0.3 is 5.11 Å². The van der Waals surface area contributed by atoms with E-state index in [1.54, 1.807) is 6.07 Å². The average Bonchev–Trinajstić information content (AvgIpc) is 1.80. The standard InChI is InChI=1S/C8H9O.Y/c1-6-3-4-8(9)7(2)5-6;/h3-4,9H,1-2H3;/q-1;. The molecule has 2 heteroatoms. The Kier molecular flexibility index (Phi) is 4.15. The molecule has 1 aromatic rings. The SMILES string of the molecule is Cc1[c-]c(C)c(O)cc1.[Y]. The van der Waals surface area contributed by atoms with E-state index in [9.17, 15) is 0 Å². The number of aromatic hydroxyl groups is 1. The fourth-order valence-electron chi connectivity index (χ4n) is 0.730. The van der Waals surface area contributed by atoms with E-state index in [0.29, 0.717) is 5.75 Å². The van der Waals surface area contributed by atoms with Crippen LogP contribution in [0.3, 0.4) is 0 Å². The predicted octanol–water partition coefficient (Wildman–Crippen LogP) is 1.81. The normalized spacial score (nSPS) is 8.60. The molecule has 0 aromatic heterocycles. The van der Waals surface area contributed by atoms with Gasteiger partial charge >= 0.3 is 0 Å². The Morgan fingerprint density at radius 1 is 1.30 bits per heavy atom. The van der Waals surface area contributed by atoms with Gasteiger partial charge in [0.15, 0.2) is 0 Å². The van der Waals surface area contributed by atoms with Gasteiger partial charge in [0.05, 0.1) is 0 Å². The zero-order chi connectivity index (χ0) is 6.85. The monoisotopic (exact) mass is 210 g/mol. The second-order valence-electron chi connectivity index (χ2n) is 2.15. The predicted molar refractivity (Wildman–Crippen MR) is 36.4 cm³/mol. The minimum absolute atomic E-state index is 0. The summed E-state index contributed by atoms with van der Waals surface area (Å²) in [6.07, 6.45) is 0. The summed E-state index contributed by atoms with van der Waals surface area (Å²) < 4.78 is 0. The van der Waals surface area contributed by atoms with E-state index in [1.165, 1.54) is 0 Å². The molecule has 1 radical (unpaired) electrons. The van der Waals surface area contributed by atoms with Crippen LogP contribution in [0.2, 0.25) is 0 Å². The molecule has 0 aliphatic rings. The van der Waals surface area contributed by atoms with Crippen LogP contribution in [-0.4, -0.2) is 5.11 Å². The van der Waals surface area contributed by atoms with Gasteiger partial charge in [0, 0.05) is 38.5 Å². The van der Waals surface area contributed by atoms with Crippen molar-refractivity contribution in [3.8, 4) is 5.75 Å². The molecule has 1 rings (SSSR count). The van der Waals surface area contributed by atoms with E-state index in [4.69, 9.17) is 5.11 Å². The molecular formula is C8H9OY-. The van der Waals surface area contributed by atoms with Crippen LogP contribution in [-0.2, 0) is 32.7 Å². The van der Waals surface area contributed by atoms with Gasteiger partial charge in [0.1, 0.15) is 0 Å². The van der Waals surface area contributed by atoms with Crippen molar-refractivity contribution in [3.63, 3.8) is 0 Å². The van der Waals surface area contributed by atoms with E-state index in [1.807, 2.05) is 19.9 Å². The Hall–Kier alpha value is 0.124. The minimum Gasteiger partial charge on any atom is -0.565 e. The van der Waals surface area contributed by atoms with Crippen molar-refractivity contribution in [2.75, 3.05) is 0 Å². The van der Waals surface area contributed by atoms with Crippen molar-refractivity contribution >= 4 is 0 Å². The summed E-state index contributed by atoms with van der Waals surface area (Å²) in [5, 5.41) is 9.01. The fraction of sp³-hybridized carbons (Fsp3) is 0.250. The fourth-order valence-corrected chi connectivity index (χ4v) is 0.730. The molecule has 1 aromatic carbocycles. The Balaban J connectivity index is 0.000000810. The molecular weight excluding hydrogens is 201 g/mol. The Labute approximate surface area is 86.3 Å². The summed E-state index contributed by atoms with van der Waals surface area (Å²) in [6, 6.07) is 6.51. The van der Waals surface area contributed by atoms with Crippen LogP contribution in [0.25, 0.3) is 0 Å². The second-order valence-corrected chi connectivity index (χ2v) is 2.15. The molecule has 1 nitrogen and oxygen atoms in total.